The van der Waals surface area contributed by atoms with Gasteiger partial charge < -0.3 is 25.6 Å². The van der Waals surface area contributed by atoms with Crippen LogP contribution in [-0.4, -0.2) is 49.9 Å². The monoisotopic (exact) mass is 692 g/mol. The molecule has 0 aliphatic carbocycles. The normalized spacial score (nSPS) is 11.4. The number of ketones is 1. The number of aromatic carboxylic acids is 1. The maximum atomic E-state index is 11.2. The van der Waals surface area contributed by atoms with Crippen molar-refractivity contribution in [3.05, 3.63) is 71.1 Å². The summed E-state index contributed by atoms with van der Waals surface area (Å²) in [6.45, 7) is 0. The first kappa shape index (κ1) is 26.9. The highest BCUT2D eigenvalue weighted by atomic mass is 127. The quantitative estimate of drug-likeness (QED) is 0.156. The van der Waals surface area contributed by atoms with Crippen LogP contribution in [0.2, 0.25) is 0 Å². The molecule has 13 heteroatoms. The maximum absolute atomic E-state index is 11.2. The number of aliphatic carboxylic acids is 2. The molecule has 0 saturated heterocycles. The largest absolute Gasteiger partial charge is 0.481 e. The van der Waals surface area contributed by atoms with E-state index in [9.17, 15) is 28.8 Å². The van der Waals surface area contributed by atoms with Crippen LogP contribution in [0.15, 0.2) is 47.3 Å². The van der Waals surface area contributed by atoms with Crippen LogP contribution >= 0.6 is 45.2 Å². The van der Waals surface area contributed by atoms with Gasteiger partial charge >= 0.3 is 17.9 Å². The van der Waals surface area contributed by atoms with E-state index in [1.54, 1.807) is 24.3 Å². The van der Waals surface area contributed by atoms with Crippen LogP contribution in [-0.2, 0) is 14.4 Å². The minimum absolute atomic E-state index is 0.0345. The van der Waals surface area contributed by atoms with Gasteiger partial charge in [0.2, 0.25) is 5.56 Å². The lowest BCUT2D eigenvalue weighted by Crippen LogP contribution is -2.12. The van der Waals surface area contributed by atoms with Gasteiger partial charge in [-0.25, -0.2) is 4.79 Å². The van der Waals surface area contributed by atoms with Crippen molar-refractivity contribution in [1.29, 1.82) is 0 Å². The Bertz CT molecular complexity index is 1370. The molecule has 0 unspecified atom stereocenters. The molecule has 2 heterocycles. The molecule has 34 heavy (non-hydrogen) atoms. The van der Waals surface area contributed by atoms with Gasteiger partial charge in [0, 0.05) is 24.1 Å². The van der Waals surface area contributed by atoms with E-state index in [4.69, 9.17) is 15.3 Å². The number of hydrogen-bond donors (Lipinski definition) is 5. The van der Waals surface area contributed by atoms with Gasteiger partial charge in [-0.1, -0.05) is 0 Å². The zero-order valence-electron chi connectivity index (χ0n) is 16.8. The number of pyridine rings is 1. The minimum Gasteiger partial charge on any atom is -0.481 e. The van der Waals surface area contributed by atoms with E-state index >= 15 is 0 Å². The predicted octanol–water partition coefficient (Wildman–Crippen LogP) is 2.80. The molecule has 11 nitrogen and oxygen atoms in total. The first-order valence-electron chi connectivity index (χ1n) is 9.03. The Morgan fingerprint density at radius 1 is 0.824 bits per heavy atom. The third-order valence-corrected chi connectivity index (χ3v) is 5.36. The van der Waals surface area contributed by atoms with E-state index in [0.717, 1.165) is 13.2 Å². The Kier molecular flexibility index (Phi) is 9.25. The summed E-state index contributed by atoms with van der Waals surface area (Å²) in [4.78, 5) is 65.6. The average molecular weight is 692 g/mol. The number of nitrogens with one attached hydrogen (secondary N) is 2. The summed E-state index contributed by atoms with van der Waals surface area (Å²) < 4.78 is 1.88. The highest BCUT2D eigenvalue weighted by Gasteiger charge is 2.27. The van der Waals surface area contributed by atoms with Crippen molar-refractivity contribution >= 4 is 91.4 Å². The number of carboxylic acids is 3. The molecule has 1 aliphatic rings. The van der Waals surface area contributed by atoms with Gasteiger partial charge in [0.25, 0.3) is 11.7 Å². The third kappa shape index (κ3) is 7.34. The van der Waals surface area contributed by atoms with Crippen LogP contribution in [0.25, 0.3) is 10.9 Å². The second-order valence-corrected chi connectivity index (χ2v) is 8.97. The van der Waals surface area contributed by atoms with E-state index in [1.807, 2.05) is 12.1 Å². The number of aromatic amines is 1. The number of rotatable bonds is 3. The molecular weight excluding hydrogens is 678 g/mol. The molecule has 0 spiro atoms. The third-order valence-electron chi connectivity index (χ3n) is 4.02. The molecule has 1 aromatic heterocycles. The van der Waals surface area contributed by atoms with Crippen molar-refractivity contribution in [2.75, 3.05) is 5.32 Å². The van der Waals surface area contributed by atoms with Crippen molar-refractivity contribution in [3.8, 4) is 0 Å². The Morgan fingerprint density at radius 2 is 1.41 bits per heavy atom. The predicted molar refractivity (Wildman–Crippen MR) is 136 cm³/mol. The van der Waals surface area contributed by atoms with E-state index in [2.05, 4.69) is 55.5 Å². The number of benzene rings is 2. The number of fused-ring (bicyclic) bond motifs is 2. The summed E-state index contributed by atoms with van der Waals surface area (Å²) in [6, 6.07) is 11.6. The molecule has 0 bridgehead atoms. The molecule has 0 saturated carbocycles. The van der Waals surface area contributed by atoms with Crippen molar-refractivity contribution in [1.82, 2.24) is 4.98 Å². The lowest BCUT2D eigenvalue weighted by molar-refractivity contribution is -0.147. The molecule has 4 rings (SSSR count). The van der Waals surface area contributed by atoms with Gasteiger partial charge in [0.1, 0.15) is 6.42 Å². The summed E-state index contributed by atoms with van der Waals surface area (Å²) >= 11 is 4.19. The number of aromatic nitrogens is 1. The van der Waals surface area contributed by atoms with Crippen LogP contribution in [0.5, 0.6) is 0 Å². The van der Waals surface area contributed by atoms with E-state index in [0.29, 0.717) is 22.2 Å². The lowest BCUT2D eigenvalue weighted by Gasteiger charge is -2.02. The number of anilines is 1. The summed E-state index contributed by atoms with van der Waals surface area (Å²) in [6.07, 6.45) is -0.806. The summed E-state index contributed by atoms with van der Waals surface area (Å²) in [5.41, 5.74) is 1.27. The van der Waals surface area contributed by atoms with Gasteiger partial charge in [-0.3, -0.25) is 24.0 Å². The molecule has 5 N–H and O–H groups in total. The highest BCUT2D eigenvalue weighted by molar-refractivity contribution is 14.1. The fourth-order valence-electron chi connectivity index (χ4n) is 2.65. The first-order valence-corrected chi connectivity index (χ1v) is 11.2. The fraction of sp³-hybridized carbons (Fsp3) is 0.0476. The molecule has 2 aromatic carbocycles. The summed E-state index contributed by atoms with van der Waals surface area (Å²) in [7, 11) is 0. The molecule has 0 atom stereocenters. The van der Waals surface area contributed by atoms with E-state index in [-0.39, 0.29) is 5.56 Å². The van der Waals surface area contributed by atoms with Gasteiger partial charge in [0.15, 0.2) is 0 Å². The molecule has 0 radical (unpaired) electrons. The topological polar surface area (TPSA) is 191 Å². The van der Waals surface area contributed by atoms with Crippen LogP contribution in [0.4, 0.5) is 5.69 Å². The second-order valence-electron chi connectivity index (χ2n) is 6.48. The molecule has 176 valence electrons. The standard InChI is InChI=1S/C10H6INO3.C8H4INO2.C3H4O4/c11-5-1-2-8-6(3-5)7(10(14)15)4-9(13)12-8;9-4-1-2-6-5(3-4)7(11)8(12)10-6;4-2(5)1-3(6)7/h1-4H,(H,12,13)(H,14,15);1-3H,(H,10,11,12);1H2,(H,4,5)(H,6,7). The number of amides is 1. The highest BCUT2D eigenvalue weighted by Crippen LogP contribution is 2.24. The number of carbonyl (C=O) groups is 5. The van der Waals surface area contributed by atoms with Crippen LogP contribution < -0.4 is 10.9 Å². The number of H-pyrrole nitrogens is 1. The Morgan fingerprint density at radius 3 is 1.97 bits per heavy atom. The number of hydrogen-bond acceptors (Lipinski definition) is 6. The number of carbonyl (C=O) groups excluding carboxylic acids is 2. The minimum atomic E-state index is -1.31. The van der Waals surface area contributed by atoms with Gasteiger partial charge in [-0.2, -0.15) is 0 Å². The van der Waals surface area contributed by atoms with E-state index in [1.165, 1.54) is 0 Å². The zero-order chi connectivity index (χ0) is 25.6. The smallest absolute Gasteiger partial charge is 0.336 e. The van der Waals surface area contributed by atoms with Crippen molar-refractivity contribution in [2.45, 2.75) is 6.42 Å². The average Bonchev–Trinajstić information content (AvgIpc) is 3.01. The maximum Gasteiger partial charge on any atom is 0.336 e. The van der Waals surface area contributed by atoms with Gasteiger partial charge in [0.05, 0.1) is 16.8 Å². The molecule has 0 fully saturated rings. The van der Waals surface area contributed by atoms with Crippen molar-refractivity contribution in [2.24, 2.45) is 0 Å². The lowest BCUT2D eigenvalue weighted by atomic mass is 10.1. The molecule has 1 aliphatic heterocycles. The SMILES string of the molecule is O=C(O)CC(=O)O.O=C(O)c1cc(=O)[nH]c2ccc(I)cc12.O=C1Nc2ccc(I)cc2C1=O. The molecule has 3 aromatic rings. The second kappa shape index (κ2) is 11.7. The van der Waals surface area contributed by atoms with Crippen LogP contribution in [0, 0.1) is 7.14 Å². The summed E-state index contributed by atoms with van der Waals surface area (Å²) in [5.74, 6) is -4.69. The Hall–Kier alpha value is -3.34. The molecule has 1 amide bonds. The summed E-state index contributed by atoms with van der Waals surface area (Å²) in [5, 5.41) is 27.4. The van der Waals surface area contributed by atoms with Gasteiger partial charge in [-0.05, 0) is 81.6 Å². The first-order chi connectivity index (χ1) is 15.9. The zero-order valence-corrected chi connectivity index (χ0v) is 21.1. The number of halogens is 2. The number of carboxylic acid groups (broad SMARTS) is 3. The van der Waals surface area contributed by atoms with Crippen molar-refractivity contribution in [3.63, 3.8) is 0 Å². The molecular formula is C21H14I2N2O9. The van der Waals surface area contributed by atoms with Crippen LogP contribution in [0.3, 0.4) is 0 Å². The Balaban J connectivity index is 0.000000193. The van der Waals surface area contributed by atoms with Crippen LogP contribution in [0.1, 0.15) is 27.1 Å². The number of Topliss-reactive ketones (excluding diaryl/α,β-unsaturated/α-hetero) is 1. The Labute approximate surface area is 217 Å². The van der Waals surface area contributed by atoms with Crippen molar-refractivity contribution < 1.29 is 39.3 Å². The fourth-order valence-corrected chi connectivity index (χ4v) is 3.63. The van der Waals surface area contributed by atoms with E-state index < -0.39 is 41.6 Å². The van der Waals surface area contributed by atoms with Gasteiger partial charge in [-0.15, -0.1) is 0 Å².